The largest absolute Gasteiger partial charge is 0.481 e. The Labute approximate surface area is 297 Å². The minimum atomic E-state index is -0.927. The Balaban J connectivity index is 1.73. The van der Waals surface area contributed by atoms with E-state index in [1.54, 1.807) is 13.8 Å². The van der Waals surface area contributed by atoms with Crippen molar-refractivity contribution >= 4 is 47.7 Å². The lowest BCUT2D eigenvalue weighted by Crippen LogP contribution is -2.23. The summed E-state index contributed by atoms with van der Waals surface area (Å²) in [7, 11) is 0. The number of aromatic amines is 2. The topological polar surface area (TPSA) is 165 Å². The number of H-pyrrole nitrogens is 2. The second kappa shape index (κ2) is 15.2. The molecule has 2 aliphatic heterocycles. The van der Waals surface area contributed by atoms with E-state index in [1.165, 1.54) is 0 Å². The number of hydrogen-bond donors (Lipinski definition) is 5. The fraction of sp³-hybridized carbons (Fsp3) is 0.341. The number of rotatable bonds is 13. The normalized spacial score (nSPS) is 17.5. The number of carbonyl (C=O) groups is 4. The average Bonchev–Trinajstić information content (AvgIpc) is 3.73. The Hall–Kier alpha value is -5.51. The molecule has 0 radical (unpaired) electrons. The summed E-state index contributed by atoms with van der Waals surface area (Å²) in [5.41, 5.74) is 9.99. The van der Waals surface area contributed by atoms with Crippen molar-refractivity contribution in [2.45, 2.75) is 86.5 Å². The molecule has 5 rings (SSSR count). The Morgan fingerprint density at radius 3 is 2.14 bits per heavy atom. The van der Waals surface area contributed by atoms with Gasteiger partial charge in [-0.3, -0.25) is 19.2 Å². The number of aliphatic imine (C=N–C) groups is 1. The molecule has 2 aromatic heterocycles. The van der Waals surface area contributed by atoms with Crippen LogP contribution in [0.3, 0.4) is 0 Å². The van der Waals surface area contributed by atoms with Crippen molar-refractivity contribution in [2.75, 3.05) is 0 Å². The molecule has 0 saturated heterocycles. The standard InChI is InChI=1S/C41H46N4O6/c1-8-28-23(5)39(48)44-33(28)18-31-22(4)30(17-27(41(50)51)16-26-13-11-10-12-14-26)35(42-31)20-36-38(21(3)15-37(46)47)25(7)32(43-36)19-34-29(9-2)24(6)40(49)45-34/h10-14,18-21,27,42-43H,8-9,15-17H2,1-7H3,(H,45,49)(H,46,47)(H,50,51)/b31-18-,34-19-,35-20-/t21-,27+/m0/s1. The first-order chi connectivity index (χ1) is 24.2. The second-order valence-corrected chi connectivity index (χ2v) is 13.5. The van der Waals surface area contributed by atoms with E-state index in [2.05, 4.69) is 20.3 Å². The molecule has 266 valence electrons. The van der Waals surface area contributed by atoms with Gasteiger partial charge in [0.25, 0.3) is 11.8 Å². The van der Waals surface area contributed by atoms with E-state index in [1.807, 2.05) is 83.2 Å². The third-order valence-corrected chi connectivity index (χ3v) is 10.2. The molecule has 2 aliphatic rings. The zero-order valence-corrected chi connectivity index (χ0v) is 30.3. The van der Waals surface area contributed by atoms with Crippen LogP contribution in [0.1, 0.15) is 99.0 Å². The van der Waals surface area contributed by atoms with Crippen LogP contribution < -0.4 is 16.0 Å². The van der Waals surface area contributed by atoms with Gasteiger partial charge < -0.3 is 25.5 Å². The molecule has 10 heteroatoms. The molecule has 0 saturated carbocycles. The van der Waals surface area contributed by atoms with E-state index in [0.29, 0.717) is 58.2 Å². The molecule has 10 nitrogen and oxygen atoms in total. The fourth-order valence-electron chi connectivity index (χ4n) is 7.29. The average molecular weight is 691 g/mol. The van der Waals surface area contributed by atoms with Gasteiger partial charge in [-0.15, -0.1) is 0 Å². The number of carboxylic acids is 2. The number of benzene rings is 1. The van der Waals surface area contributed by atoms with E-state index in [4.69, 9.17) is 0 Å². The molecular formula is C41H46N4O6. The highest BCUT2D eigenvalue weighted by atomic mass is 16.4. The Kier molecular flexibility index (Phi) is 10.9. The molecule has 0 spiro atoms. The summed E-state index contributed by atoms with van der Waals surface area (Å²) in [5, 5.41) is 24.5. The quantitative estimate of drug-likeness (QED) is 0.158. The monoisotopic (exact) mass is 690 g/mol. The van der Waals surface area contributed by atoms with Crippen LogP contribution in [0, 0.1) is 19.8 Å². The molecule has 51 heavy (non-hydrogen) atoms. The highest BCUT2D eigenvalue weighted by Gasteiger charge is 2.27. The minimum Gasteiger partial charge on any atom is -0.481 e. The van der Waals surface area contributed by atoms with Crippen molar-refractivity contribution in [3.8, 4) is 0 Å². The number of amides is 2. The molecule has 0 aliphatic carbocycles. The van der Waals surface area contributed by atoms with Gasteiger partial charge in [0.1, 0.15) is 0 Å². The molecule has 0 fully saturated rings. The van der Waals surface area contributed by atoms with Crippen LogP contribution in [-0.4, -0.2) is 49.6 Å². The predicted octanol–water partition coefficient (Wildman–Crippen LogP) is 5.54. The third-order valence-electron chi connectivity index (χ3n) is 10.2. The highest BCUT2D eigenvalue weighted by Crippen LogP contribution is 2.33. The number of allylic oxidation sites excluding steroid dienone is 2. The zero-order chi connectivity index (χ0) is 37.1. The Morgan fingerprint density at radius 1 is 0.824 bits per heavy atom. The molecule has 1 aromatic carbocycles. The summed E-state index contributed by atoms with van der Waals surface area (Å²) in [6, 6.07) is 9.52. The lowest BCUT2D eigenvalue weighted by molar-refractivity contribution is -0.141. The van der Waals surface area contributed by atoms with Crippen molar-refractivity contribution in [3.63, 3.8) is 0 Å². The summed E-state index contributed by atoms with van der Waals surface area (Å²) < 4.78 is 0. The van der Waals surface area contributed by atoms with Crippen LogP contribution in [0.2, 0.25) is 0 Å². The van der Waals surface area contributed by atoms with E-state index in [-0.39, 0.29) is 30.6 Å². The van der Waals surface area contributed by atoms with Crippen molar-refractivity contribution in [1.82, 2.24) is 15.3 Å². The Morgan fingerprint density at radius 2 is 1.51 bits per heavy atom. The summed E-state index contributed by atoms with van der Waals surface area (Å²) >= 11 is 0. The van der Waals surface area contributed by atoms with Crippen LogP contribution in [0.5, 0.6) is 0 Å². The first-order valence-electron chi connectivity index (χ1n) is 17.4. The van der Waals surface area contributed by atoms with Gasteiger partial charge in [-0.25, -0.2) is 4.99 Å². The summed E-state index contributed by atoms with van der Waals surface area (Å²) in [4.78, 5) is 61.0. The van der Waals surface area contributed by atoms with Crippen LogP contribution in [0.15, 0.2) is 63.3 Å². The van der Waals surface area contributed by atoms with Crippen LogP contribution in [0.25, 0.3) is 18.2 Å². The minimum absolute atomic E-state index is 0.0986. The van der Waals surface area contributed by atoms with Crippen molar-refractivity contribution in [3.05, 3.63) is 108 Å². The number of aromatic nitrogens is 2. The Bertz CT molecular complexity index is 2170. The number of carboxylic acid groups (broad SMARTS) is 2. The first kappa shape index (κ1) is 36.8. The van der Waals surface area contributed by atoms with Gasteiger partial charge in [0.05, 0.1) is 18.1 Å². The van der Waals surface area contributed by atoms with Crippen molar-refractivity contribution in [1.29, 1.82) is 0 Å². The lowest BCUT2D eigenvalue weighted by atomic mass is 9.91. The number of carbonyl (C=O) groups excluding carboxylic acids is 2. The van der Waals surface area contributed by atoms with E-state index in [9.17, 15) is 29.4 Å². The number of nitrogens with one attached hydrogen (secondary N) is 3. The molecule has 0 bridgehead atoms. The van der Waals surface area contributed by atoms with E-state index >= 15 is 0 Å². The summed E-state index contributed by atoms with van der Waals surface area (Å²) in [5.74, 6) is -3.35. The maximum absolute atomic E-state index is 12.7. The summed E-state index contributed by atoms with van der Waals surface area (Å²) in [6.45, 7) is 13.3. The SMILES string of the molecule is CCC1=C(C)C(=O)N=C1/C=c1\[nH]/c(=C\c2[nH]c(/C=C3\NC(=O)C(C)=C3CC)c(C)c2[C@@H](C)CC(=O)O)c(C[C@@H](Cc2ccccc2)C(=O)O)c1C. The highest BCUT2D eigenvalue weighted by molar-refractivity contribution is 6.30. The number of aliphatic carboxylic acids is 2. The van der Waals surface area contributed by atoms with Crippen molar-refractivity contribution in [2.24, 2.45) is 10.9 Å². The van der Waals surface area contributed by atoms with Gasteiger partial charge in [-0.1, -0.05) is 51.1 Å². The number of hydrogen-bond acceptors (Lipinski definition) is 4. The lowest BCUT2D eigenvalue weighted by Gasteiger charge is -2.13. The van der Waals surface area contributed by atoms with Gasteiger partial charge in [0, 0.05) is 38.9 Å². The van der Waals surface area contributed by atoms with Gasteiger partial charge in [-0.05, 0) is 116 Å². The molecule has 3 aromatic rings. The molecule has 2 atom stereocenters. The number of nitrogens with zero attached hydrogens (tertiary/aromatic N) is 1. The molecule has 2 amide bonds. The maximum Gasteiger partial charge on any atom is 0.307 e. The first-order valence-corrected chi connectivity index (χ1v) is 17.4. The molecule has 4 heterocycles. The summed E-state index contributed by atoms with van der Waals surface area (Å²) in [6.07, 6.45) is 7.43. The van der Waals surface area contributed by atoms with Gasteiger partial charge >= 0.3 is 11.9 Å². The second-order valence-electron chi connectivity index (χ2n) is 13.5. The van der Waals surface area contributed by atoms with Crippen LogP contribution >= 0.6 is 0 Å². The van der Waals surface area contributed by atoms with Crippen LogP contribution in [-0.2, 0) is 32.0 Å². The fourth-order valence-corrected chi connectivity index (χ4v) is 7.29. The zero-order valence-electron chi connectivity index (χ0n) is 30.3. The smallest absolute Gasteiger partial charge is 0.307 e. The van der Waals surface area contributed by atoms with Crippen molar-refractivity contribution < 1.29 is 29.4 Å². The van der Waals surface area contributed by atoms with Gasteiger partial charge in [-0.2, -0.15) is 0 Å². The predicted molar refractivity (Wildman–Crippen MR) is 199 cm³/mol. The molecular weight excluding hydrogens is 644 g/mol. The molecule has 0 unspecified atom stereocenters. The van der Waals surface area contributed by atoms with Gasteiger partial charge in [0.2, 0.25) is 0 Å². The third kappa shape index (κ3) is 7.65. The maximum atomic E-state index is 12.7. The van der Waals surface area contributed by atoms with Gasteiger partial charge in [0.15, 0.2) is 0 Å². The van der Waals surface area contributed by atoms with E-state index in [0.717, 1.165) is 44.7 Å². The van der Waals surface area contributed by atoms with Crippen LogP contribution in [0.4, 0.5) is 0 Å². The van der Waals surface area contributed by atoms with E-state index < -0.39 is 17.9 Å². The molecule has 5 N–H and O–H groups in total.